The molecule has 0 bridgehead atoms. The number of ketones is 1. The summed E-state index contributed by atoms with van der Waals surface area (Å²) in [5.41, 5.74) is 0.307. The Balaban J connectivity index is 0.00000352. The van der Waals surface area contributed by atoms with Crippen LogP contribution in [0.25, 0.3) is 0 Å². The third kappa shape index (κ3) is 8.39. The quantitative estimate of drug-likeness (QED) is 0.148. The van der Waals surface area contributed by atoms with Crippen molar-refractivity contribution in [3.63, 3.8) is 0 Å². The average molecular weight is 413 g/mol. The van der Waals surface area contributed by atoms with Gasteiger partial charge in [0.05, 0.1) is 20.8 Å². The standard InChI is InChI=1S/C21H32O5.H2OP/c1-5-7-9-10-15-26-21(23)16(12-8-6-2)20(22)19-17(24-3)13-11-14-18(19)25-4;1-2/h11,13-14,16H,5-10,12,15H2,1-4H3;2H2/q;+1. The van der Waals surface area contributed by atoms with Crippen LogP contribution in [0.15, 0.2) is 18.2 Å². The first-order valence-electron chi connectivity index (χ1n) is 9.76. The van der Waals surface area contributed by atoms with E-state index in [0.717, 1.165) is 38.5 Å². The van der Waals surface area contributed by atoms with E-state index < -0.39 is 11.9 Å². The largest absolute Gasteiger partial charge is 0.496 e. The summed E-state index contributed by atoms with van der Waals surface area (Å²) in [7, 11) is 4.16. The Morgan fingerprint density at radius 1 is 0.929 bits per heavy atom. The number of esters is 1. The molecule has 0 saturated carbocycles. The predicted octanol–water partition coefficient (Wildman–Crippen LogP) is 5.02. The highest BCUT2D eigenvalue weighted by molar-refractivity contribution is 7.00. The molecule has 2 atom stereocenters. The van der Waals surface area contributed by atoms with Gasteiger partial charge in [-0.15, -0.1) is 0 Å². The van der Waals surface area contributed by atoms with Crippen LogP contribution in [0.3, 0.4) is 0 Å². The number of Topliss-reactive ketones (excluding diaryl/α,β-unsaturated/α-hetero) is 1. The van der Waals surface area contributed by atoms with E-state index in [1.165, 1.54) is 23.3 Å². The highest BCUT2D eigenvalue weighted by Crippen LogP contribution is 2.32. The number of hydrogen-bond acceptors (Lipinski definition) is 6. The van der Waals surface area contributed by atoms with Crippen LogP contribution in [-0.4, -0.2) is 32.6 Å². The van der Waals surface area contributed by atoms with Crippen molar-refractivity contribution in [2.24, 2.45) is 5.92 Å². The molecule has 0 radical (unpaired) electrons. The van der Waals surface area contributed by atoms with Crippen molar-refractivity contribution in [3.05, 3.63) is 23.8 Å². The van der Waals surface area contributed by atoms with E-state index >= 15 is 0 Å². The topological polar surface area (TPSA) is 78.9 Å². The maximum Gasteiger partial charge on any atom is 0.316 e. The molecule has 2 unspecified atom stereocenters. The minimum atomic E-state index is -0.827. The molecule has 158 valence electrons. The summed E-state index contributed by atoms with van der Waals surface area (Å²) in [5.74, 6) is -0.760. The van der Waals surface area contributed by atoms with Crippen molar-refractivity contribution < 1.29 is 28.4 Å². The molecule has 1 rings (SSSR count). The van der Waals surface area contributed by atoms with Crippen molar-refractivity contribution in [3.8, 4) is 11.5 Å². The molecule has 7 heteroatoms. The first kappa shape index (κ1) is 26.1. The van der Waals surface area contributed by atoms with Crippen LogP contribution < -0.4 is 9.47 Å². The highest BCUT2D eigenvalue weighted by Gasteiger charge is 2.32. The normalized spacial score (nSPS) is 11.0. The first-order chi connectivity index (χ1) is 13.6. The minimum absolute atomic E-state index is 0.300. The lowest BCUT2D eigenvalue weighted by atomic mass is 9.91. The van der Waals surface area contributed by atoms with Gasteiger partial charge in [-0.25, -0.2) is 0 Å². The molecule has 0 aromatic heterocycles. The van der Waals surface area contributed by atoms with Crippen molar-refractivity contribution in [1.29, 1.82) is 0 Å². The van der Waals surface area contributed by atoms with E-state index in [1.54, 1.807) is 18.2 Å². The Kier molecular flexibility index (Phi) is 14.9. The van der Waals surface area contributed by atoms with E-state index in [1.807, 2.05) is 6.92 Å². The molecule has 0 aliphatic carbocycles. The van der Waals surface area contributed by atoms with Crippen LogP contribution in [0.5, 0.6) is 11.5 Å². The Morgan fingerprint density at radius 3 is 2.00 bits per heavy atom. The number of methoxy groups -OCH3 is 2. The molecular formula is C21H34O6P+. The first-order valence-corrected chi connectivity index (χ1v) is 10.2. The molecule has 0 aliphatic rings. The molecule has 0 N–H and O–H groups in total. The summed E-state index contributed by atoms with van der Waals surface area (Å²) >= 11 is 0. The van der Waals surface area contributed by atoms with Gasteiger partial charge in [-0.05, 0) is 25.0 Å². The number of rotatable bonds is 13. The summed E-state index contributed by atoms with van der Waals surface area (Å²) in [4.78, 5) is 25.7. The van der Waals surface area contributed by atoms with Gasteiger partial charge in [-0.2, -0.15) is 0 Å². The second kappa shape index (κ2) is 16.1. The molecule has 6 nitrogen and oxygen atoms in total. The van der Waals surface area contributed by atoms with Crippen LogP contribution in [0, 0.1) is 5.92 Å². The fourth-order valence-corrected chi connectivity index (χ4v) is 2.83. The number of benzene rings is 1. The van der Waals surface area contributed by atoms with Crippen LogP contribution in [0.1, 0.15) is 69.2 Å². The summed E-state index contributed by atoms with van der Waals surface area (Å²) in [6.07, 6.45) is 6.23. The van der Waals surface area contributed by atoms with Crippen LogP contribution in [0.2, 0.25) is 0 Å². The van der Waals surface area contributed by atoms with E-state index in [0.29, 0.717) is 30.1 Å². The monoisotopic (exact) mass is 413 g/mol. The molecule has 0 aliphatic heterocycles. The average Bonchev–Trinajstić information content (AvgIpc) is 2.74. The molecule has 1 aromatic carbocycles. The Bertz CT molecular complexity index is 568. The van der Waals surface area contributed by atoms with Crippen LogP contribution in [0.4, 0.5) is 0 Å². The fraction of sp³-hybridized carbons (Fsp3) is 0.619. The number of unbranched alkanes of at least 4 members (excludes halogenated alkanes) is 4. The lowest BCUT2D eigenvalue weighted by Gasteiger charge is -2.18. The van der Waals surface area contributed by atoms with Gasteiger partial charge in [-0.1, -0.05) is 56.6 Å². The third-order valence-corrected chi connectivity index (χ3v) is 4.36. The predicted molar refractivity (Wildman–Crippen MR) is 112 cm³/mol. The van der Waals surface area contributed by atoms with Gasteiger partial charge in [0, 0.05) is 0 Å². The Labute approximate surface area is 170 Å². The Hall–Kier alpha value is -1.94. The summed E-state index contributed by atoms with van der Waals surface area (Å²) in [6, 6.07) is 5.15. The van der Waals surface area contributed by atoms with Crippen molar-refractivity contribution in [1.82, 2.24) is 0 Å². The smallest absolute Gasteiger partial charge is 0.316 e. The van der Waals surface area contributed by atoms with E-state index in [2.05, 4.69) is 6.92 Å². The molecule has 0 amide bonds. The third-order valence-electron chi connectivity index (χ3n) is 4.36. The fourth-order valence-electron chi connectivity index (χ4n) is 2.83. The van der Waals surface area contributed by atoms with E-state index in [-0.39, 0.29) is 5.78 Å². The zero-order chi connectivity index (χ0) is 21.4. The number of carbonyl (C=O) groups excluding carboxylic acids is 2. The lowest BCUT2D eigenvalue weighted by Crippen LogP contribution is -2.27. The van der Waals surface area contributed by atoms with Gasteiger partial charge in [0.25, 0.3) is 0 Å². The summed E-state index contributed by atoms with van der Waals surface area (Å²) in [5, 5.41) is 0. The number of hydrogen-bond donors (Lipinski definition) is 0. The van der Waals surface area contributed by atoms with Gasteiger partial charge in [-0.3, -0.25) is 9.59 Å². The maximum absolute atomic E-state index is 13.1. The molecule has 0 spiro atoms. The van der Waals surface area contributed by atoms with Crippen molar-refractivity contribution in [2.75, 3.05) is 20.8 Å². The van der Waals surface area contributed by atoms with E-state index in [4.69, 9.17) is 18.8 Å². The van der Waals surface area contributed by atoms with Gasteiger partial charge < -0.3 is 14.2 Å². The summed E-state index contributed by atoms with van der Waals surface area (Å²) in [6.45, 7) is 4.52. The number of carbonyl (C=O) groups is 2. The molecule has 0 fully saturated rings. The molecular weight excluding hydrogens is 379 g/mol. The second-order valence-corrected chi connectivity index (χ2v) is 6.32. The molecule has 0 heterocycles. The minimum Gasteiger partial charge on any atom is -0.496 e. The number of ether oxygens (including phenoxy) is 3. The summed E-state index contributed by atoms with van der Waals surface area (Å²) < 4.78 is 24.2. The van der Waals surface area contributed by atoms with Crippen molar-refractivity contribution >= 4 is 20.9 Å². The zero-order valence-electron chi connectivity index (χ0n) is 17.5. The highest BCUT2D eigenvalue weighted by atomic mass is 31.0. The Morgan fingerprint density at radius 2 is 1.50 bits per heavy atom. The lowest BCUT2D eigenvalue weighted by molar-refractivity contribution is -0.147. The van der Waals surface area contributed by atoms with Gasteiger partial charge in [0.1, 0.15) is 23.0 Å². The van der Waals surface area contributed by atoms with Gasteiger partial charge in [0.2, 0.25) is 0 Å². The second-order valence-electron chi connectivity index (χ2n) is 6.32. The van der Waals surface area contributed by atoms with Crippen LogP contribution in [-0.2, 0) is 14.1 Å². The SMILES string of the molecule is CCCCCCOC(=O)C(CCCC)C(=O)c1c(OC)cccc1OC.O=[PH2+]. The van der Waals surface area contributed by atoms with Gasteiger partial charge >= 0.3 is 15.1 Å². The molecule has 1 aromatic rings. The van der Waals surface area contributed by atoms with E-state index in [9.17, 15) is 9.59 Å². The molecule has 0 saturated heterocycles. The molecule has 28 heavy (non-hydrogen) atoms. The van der Waals surface area contributed by atoms with Crippen LogP contribution >= 0.6 is 9.12 Å². The maximum atomic E-state index is 13.1. The van der Waals surface area contributed by atoms with Gasteiger partial charge in [0.15, 0.2) is 5.78 Å². The zero-order valence-corrected chi connectivity index (χ0v) is 18.6. The van der Waals surface area contributed by atoms with Crippen molar-refractivity contribution in [2.45, 2.75) is 58.8 Å².